The van der Waals surface area contributed by atoms with Crippen LogP contribution in [0.1, 0.15) is 19.5 Å². The second-order valence-corrected chi connectivity index (χ2v) is 9.04. The van der Waals surface area contributed by atoms with Crippen LogP contribution in [0.3, 0.4) is 0 Å². The average Bonchev–Trinajstić information content (AvgIpc) is 3.01. The Morgan fingerprint density at radius 1 is 0.773 bits per heavy atom. The van der Waals surface area contributed by atoms with Crippen LogP contribution in [-0.4, -0.2) is 9.13 Å². The summed E-state index contributed by atoms with van der Waals surface area (Å²) in [5.41, 5.74) is 5.07. The molecule has 0 aromatic carbocycles. The molecule has 0 fully saturated rings. The number of hydrogen-bond donors (Lipinski definition) is 0. The molecule has 3 rings (SSSR count). The van der Waals surface area contributed by atoms with Crippen LogP contribution in [0.25, 0.3) is 22.5 Å². The third kappa shape index (κ3) is 2.32. The Hall–Kier alpha value is -1.17. The maximum atomic E-state index is 5.64. The van der Waals surface area contributed by atoms with Crippen LogP contribution in [0.15, 0.2) is 12.1 Å². The molecule has 0 saturated carbocycles. The molecule has 22 heavy (non-hydrogen) atoms. The summed E-state index contributed by atoms with van der Waals surface area (Å²) in [6, 6.07) is 4.56. The fourth-order valence-electron chi connectivity index (χ4n) is 3.08. The quantitative estimate of drug-likeness (QED) is 0.533. The molecule has 0 aliphatic rings. The summed E-state index contributed by atoms with van der Waals surface area (Å²) in [7, 11) is 4.14. The highest BCUT2D eigenvalue weighted by molar-refractivity contribution is 7.71. The SMILES string of the molecule is Cc1cc(-c2c(-c3cc(C)sc3C)n(C)c(=S)n2C)c(C)s1. The van der Waals surface area contributed by atoms with E-state index in [1.807, 2.05) is 22.7 Å². The molecule has 116 valence electrons. The lowest BCUT2D eigenvalue weighted by Gasteiger charge is -2.08. The molecule has 0 bridgehead atoms. The molecular formula is C17H20N2S3. The number of thiophene rings is 2. The van der Waals surface area contributed by atoms with Crippen molar-refractivity contribution in [1.29, 1.82) is 0 Å². The van der Waals surface area contributed by atoms with E-state index in [4.69, 9.17) is 12.2 Å². The topological polar surface area (TPSA) is 9.86 Å². The highest BCUT2D eigenvalue weighted by Crippen LogP contribution is 2.40. The number of rotatable bonds is 2. The van der Waals surface area contributed by atoms with Crippen LogP contribution in [0.2, 0.25) is 0 Å². The molecular weight excluding hydrogens is 328 g/mol. The number of hydrogen-bond acceptors (Lipinski definition) is 3. The fraction of sp³-hybridized carbons (Fsp3) is 0.353. The van der Waals surface area contributed by atoms with Crippen LogP contribution in [0.4, 0.5) is 0 Å². The van der Waals surface area contributed by atoms with Gasteiger partial charge in [0.1, 0.15) is 0 Å². The van der Waals surface area contributed by atoms with Gasteiger partial charge in [-0.2, -0.15) is 0 Å². The third-order valence-corrected chi connectivity index (χ3v) is 6.54. The zero-order valence-electron chi connectivity index (χ0n) is 13.8. The van der Waals surface area contributed by atoms with Crippen LogP contribution < -0.4 is 0 Å². The third-order valence-electron chi connectivity index (χ3n) is 4.06. The minimum Gasteiger partial charge on any atom is -0.319 e. The van der Waals surface area contributed by atoms with Gasteiger partial charge in [-0.25, -0.2) is 0 Å². The minimum atomic E-state index is 0.858. The van der Waals surface area contributed by atoms with E-state index < -0.39 is 0 Å². The van der Waals surface area contributed by atoms with E-state index >= 15 is 0 Å². The first kappa shape index (κ1) is 15.7. The van der Waals surface area contributed by atoms with Gasteiger partial charge in [-0.05, 0) is 52.0 Å². The van der Waals surface area contributed by atoms with Gasteiger partial charge in [0.05, 0.1) is 11.4 Å². The monoisotopic (exact) mass is 348 g/mol. The van der Waals surface area contributed by atoms with Gasteiger partial charge in [-0.3, -0.25) is 0 Å². The predicted molar refractivity (Wildman–Crippen MR) is 101 cm³/mol. The van der Waals surface area contributed by atoms with Crippen molar-refractivity contribution in [3.8, 4) is 22.5 Å². The van der Waals surface area contributed by atoms with Crippen LogP contribution >= 0.6 is 34.9 Å². The Bertz CT molecular complexity index is 846. The molecule has 0 atom stereocenters. The Kier molecular flexibility index (Phi) is 3.91. The second-order valence-electron chi connectivity index (χ2n) is 5.75. The van der Waals surface area contributed by atoms with E-state index in [0.29, 0.717) is 0 Å². The lowest BCUT2D eigenvalue weighted by atomic mass is 10.1. The average molecular weight is 349 g/mol. The highest BCUT2D eigenvalue weighted by Gasteiger charge is 2.21. The van der Waals surface area contributed by atoms with E-state index in [-0.39, 0.29) is 0 Å². The molecule has 2 nitrogen and oxygen atoms in total. The lowest BCUT2D eigenvalue weighted by Crippen LogP contribution is -1.93. The van der Waals surface area contributed by atoms with E-state index in [2.05, 4.69) is 63.1 Å². The Labute approximate surface area is 144 Å². The molecule has 0 aliphatic heterocycles. The number of nitrogens with zero attached hydrogens (tertiary/aromatic N) is 2. The summed E-state index contributed by atoms with van der Waals surface area (Å²) in [4.78, 5) is 5.37. The van der Waals surface area contributed by atoms with Gasteiger partial charge in [0.25, 0.3) is 0 Å². The summed E-state index contributed by atoms with van der Waals surface area (Å²) < 4.78 is 5.15. The van der Waals surface area contributed by atoms with Gasteiger partial charge >= 0.3 is 0 Å². The van der Waals surface area contributed by atoms with E-state index in [0.717, 1.165) is 4.77 Å². The van der Waals surface area contributed by atoms with E-state index in [1.165, 1.54) is 42.0 Å². The maximum Gasteiger partial charge on any atom is 0.180 e. The molecule has 0 aliphatic carbocycles. The van der Waals surface area contributed by atoms with Crippen molar-refractivity contribution in [3.63, 3.8) is 0 Å². The van der Waals surface area contributed by atoms with Crippen molar-refractivity contribution in [1.82, 2.24) is 9.13 Å². The van der Waals surface area contributed by atoms with E-state index in [1.54, 1.807) is 0 Å². The molecule has 0 radical (unpaired) electrons. The van der Waals surface area contributed by atoms with Gasteiger partial charge in [0.15, 0.2) is 4.77 Å². The molecule has 3 aromatic rings. The second kappa shape index (κ2) is 5.48. The zero-order chi connectivity index (χ0) is 16.2. The molecule has 0 amide bonds. The first-order valence-corrected chi connectivity index (χ1v) is 9.26. The van der Waals surface area contributed by atoms with Crippen LogP contribution in [0.5, 0.6) is 0 Å². The fourth-order valence-corrected chi connectivity index (χ4v) is 5.12. The van der Waals surface area contributed by atoms with Crippen molar-refractivity contribution in [2.45, 2.75) is 27.7 Å². The molecule has 0 unspecified atom stereocenters. The largest absolute Gasteiger partial charge is 0.319 e. The molecule has 3 heterocycles. The van der Waals surface area contributed by atoms with E-state index in [9.17, 15) is 0 Å². The highest BCUT2D eigenvalue weighted by atomic mass is 32.1. The molecule has 0 saturated heterocycles. The van der Waals surface area contributed by atoms with Crippen molar-refractivity contribution in [2.24, 2.45) is 14.1 Å². The Morgan fingerprint density at radius 2 is 1.14 bits per heavy atom. The Balaban J connectivity index is 2.41. The van der Waals surface area contributed by atoms with Crippen LogP contribution in [-0.2, 0) is 14.1 Å². The predicted octanol–water partition coefficient (Wildman–Crippen LogP) is 5.78. The minimum absolute atomic E-state index is 0.858. The number of imidazole rings is 1. The van der Waals surface area contributed by atoms with Gasteiger partial charge in [0, 0.05) is 44.7 Å². The summed E-state index contributed by atoms with van der Waals surface area (Å²) >= 11 is 9.33. The molecule has 5 heteroatoms. The first-order chi connectivity index (χ1) is 10.3. The van der Waals surface area contributed by atoms with Gasteiger partial charge in [-0.1, -0.05) is 0 Å². The van der Waals surface area contributed by atoms with Crippen molar-refractivity contribution < 1.29 is 0 Å². The van der Waals surface area contributed by atoms with Crippen LogP contribution in [0, 0.1) is 32.5 Å². The maximum absolute atomic E-state index is 5.64. The first-order valence-electron chi connectivity index (χ1n) is 7.21. The van der Waals surface area contributed by atoms with Gasteiger partial charge < -0.3 is 9.13 Å². The summed E-state index contributed by atoms with van der Waals surface area (Å²) in [6.07, 6.45) is 0. The summed E-state index contributed by atoms with van der Waals surface area (Å²) in [5, 5.41) is 0. The summed E-state index contributed by atoms with van der Waals surface area (Å²) in [5.74, 6) is 0. The normalized spacial score (nSPS) is 11.4. The number of aryl methyl sites for hydroxylation is 4. The van der Waals surface area contributed by atoms with Gasteiger partial charge in [0.2, 0.25) is 0 Å². The van der Waals surface area contributed by atoms with Gasteiger partial charge in [-0.15, -0.1) is 22.7 Å². The molecule has 0 spiro atoms. The summed E-state index contributed by atoms with van der Waals surface area (Å²) in [6.45, 7) is 8.72. The smallest absolute Gasteiger partial charge is 0.180 e. The van der Waals surface area contributed by atoms with Crippen molar-refractivity contribution in [3.05, 3.63) is 36.4 Å². The number of aromatic nitrogens is 2. The molecule has 3 aromatic heterocycles. The van der Waals surface area contributed by atoms with Crippen molar-refractivity contribution >= 4 is 34.9 Å². The van der Waals surface area contributed by atoms with Crippen molar-refractivity contribution in [2.75, 3.05) is 0 Å². The standard InChI is InChI=1S/C17H20N2S3/c1-9-7-13(11(3)21-9)15-16(19(6)17(20)18(15)5)14-8-10(2)22-12(14)4/h7-8H,1-6H3. The molecule has 0 N–H and O–H groups in total. The Morgan fingerprint density at radius 3 is 1.41 bits per heavy atom. The lowest BCUT2D eigenvalue weighted by molar-refractivity contribution is 0.818. The zero-order valence-corrected chi connectivity index (χ0v) is 16.2.